The molecule has 0 saturated carbocycles. The second-order valence-corrected chi connectivity index (χ2v) is 27.4. The molecule has 0 N–H and O–H groups in total. The van der Waals surface area contributed by atoms with Gasteiger partial charge in [0, 0.05) is 60.1 Å². The van der Waals surface area contributed by atoms with Crippen molar-refractivity contribution in [3.63, 3.8) is 0 Å². The molecule has 368 valence electrons. The summed E-state index contributed by atoms with van der Waals surface area (Å²) in [5.41, 5.74) is 29.2. The van der Waals surface area contributed by atoms with E-state index < -0.39 is 0 Å². The molecule has 0 fully saturated rings. The van der Waals surface area contributed by atoms with E-state index in [1.807, 2.05) is 17.4 Å². The quantitative estimate of drug-likeness (QED) is 0.125. The molecule has 74 heavy (non-hydrogen) atoms. The van der Waals surface area contributed by atoms with Crippen LogP contribution in [0.4, 0.5) is 28.4 Å². The average molecular weight is 981 g/mol. The fourth-order valence-corrected chi connectivity index (χ4v) is 15.0. The van der Waals surface area contributed by atoms with E-state index in [0.29, 0.717) is 5.92 Å². The molecule has 0 amide bonds. The van der Waals surface area contributed by atoms with Gasteiger partial charge in [-0.2, -0.15) is 0 Å². The number of allylic oxidation sites excluding steroid dienone is 10. The minimum absolute atomic E-state index is 0.00322. The van der Waals surface area contributed by atoms with Crippen molar-refractivity contribution in [1.29, 1.82) is 0 Å². The molecular weight excluding hydrogens is 912 g/mol. The van der Waals surface area contributed by atoms with Crippen LogP contribution in [-0.4, -0.2) is 6.71 Å². The Hall–Kier alpha value is -6.62. The van der Waals surface area contributed by atoms with E-state index in [1.54, 1.807) is 5.57 Å². The molecule has 0 radical (unpaired) electrons. The van der Waals surface area contributed by atoms with Gasteiger partial charge in [-0.1, -0.05) is 187 Å². The van der Waals surface area contributed by atoms with Gasteiger partial charge in [-0.3, -0.25) is 0 Å². The smallest absolute Gasteiger partial charge is 0.264 e. The summed E-state index contributed by atoms with van der Waals surface area (Å²) in [6, 6.07) is 43.6. The van der Waals surface area contributed by atoms with Crippen molar-refractivity contribution in [1.82, 2.24) is 0 Å². The summed E-state index contributed by atoms with van der Waals surface area (Å²) in [6.45, 7) is 37.1. The molecule has 3 heterocycles. The summed E-state index contributed by atoms with van der Waals surface area (Å²) in [7, 11) is 0. The van der Waals surface area contributed by atoms with Gasteiger partial charge in [-0.15, -0.1) is 11.3 Å². The minimum atomic E-state index is -0.109. The van der Waals surface area contributed by atoms with E-state index in [2.05, 4.69) is 253 Å². The summed E-state index contributed by atoms with van der Waals surface area (Å²) >= 11 is 2.02. The molecule has 1 atom stereocenters. The van der Waals surface area contributed by atoms with E-state index in [1.165, 1.54) is 132 Å². The van der Waals surface area contributed by atoms with Crippen LogP contribution < -0.4 is 25.5 Å². The Labute approximate surface area is 445 Å². The molecule has 0 saturated heterocycles. The van der Waals surface area contributed by atoms with E-state index >= 15 is 0 Å². The molecule has 6 aliphatic rings. The predicted octanol–water partition coefficient (Wildman–Crippen LogP) is 17.5. The van der Waals surface area contributed by atoms with Crippen molar-refractivity contribution in [2.24, 2.45) is 11.3 Å². The second kappa shape index (κ2) is 15.5. The maximum absolute atomic E-state index is 4.06. The molecule has 4 aliphatic carbocycles. The number of hydrogen-bond acceptors (Lipinski definition) is 3. The zero-order chi connectivity index (χ0) is 51.9. The van der Waals surface area contributed by atoms with E-state index in [4.69, 9.17) is 0 Å². The SMILES string of the molecule is C=C/C=C\C1=C(C)C(C)(C)c2ccc(-c3cc4c5c(c3)N(c3ccc(C(C)(C)C)cc3)c3c(sc6cc7c(cc36)-c3ccccc3C7(C)C)B5c3cc(C(C)(C)C)ccc3N4C3=CC4=C(C(C)(C)C)[C@H]4C=C3)cc21. The van der Waals surface area contributed by atoms with Gasteiger partial charge in [0.25, 0.3) is 6.71 Å². The van der Waals surface area contributed by atoms with Crippen molar-refractivity contribution in [2.75, 3.05) is 9.80 Å². The first-order valence-electron chi connectivity index (χ1n) is 27.0. The molecule has 0 unspecified atom stereocenters. The van der Waals surface area contributed by atoms with Crippen LogP contribution in [0.5, 0.6) is 0 Å². The lowest BCUT2D eigenvalue weighted by Crippen LogP contribution is -2.61. The van der Waals surface area contributed by atoms with Crippen molar-refractivity contribution in [2.45, 2.75) is 119 Å². The number of rotatable bonds is 5. The minimum Gasteiger partial charge on any atom is -0.311 e. The molecular formula is C70H69BN2S. The number of fused-ring (bicyclic) bond motifs is 11. The Kier molecular flexibility index (Phi) is 9.86. The van der Waals surface area contributed by atoms with Gasteiger partial charge in [-0.05, 0) is 167 Å². The van der Waals surface area contributed by atoms with E-state index in [9.17, 15) is 0 Å². The standard InChI is InChI=1S/C70H69BN2S/c1-16-17-20-47-40(2)69(12,13)55-31-23-41(33-50(47)55)42-34-59-63-60(35-42)73(45-27-24-43(25-28-45)66(3,4)5)64-53-38-51-48-21-18-19-22-54(48)70(14,15)56(51)39-61(53)74-65(64)71(63)57-36-44(67(6,7)8)26-32-58(57)72(59)46-29-30-49-52(37-46)62(49)68(9,10)11/h16-39,49H,1H2,2-15H3/b20-17-/t49-/m0/s1. The number of hydrogen-bond donors (Lipinski definition) is 0. The fourth-order valence-electron chi connectivity index (χ4n) is 13.6. The summed E-state index contributed by atoms with van der Waals surface area (Å²) in [5.74, 6) is 0.419. The van der Waals surface area contributed by atoms with Gasteiger partial charge in [0.05, 0.1) is 5.69 Å². The van der Waals surface area contributed by atoms with Gasteiger partial charge >= 0.3 is 0 Å². The molecule has 13 rings (SSSR count). The van der Waals surface area contributed by atoms with E-state index in [0.717, 1.165) is 0 Å². The number of nitrogens with zero attached hydrogens (tertiary/aromatic N) is 2. The zero-order valence-corrected chi connectivity index (χ0v) is 46.8. The highest BCUT2D eigenvalue weighted by Crippen LogP contribution is 2.57. The summed E-state index contributed by atoms with van der Waals surface area (Å²) in [5, 5.41) is 1.32. The van der Waals surface area contributed by atoms with Gasteiger partial charge in [0.15, 0.2) is 0 Å². The molecule has 1 aromatic heterocycles. The van der Waals surface area contributed by atoms with Crippen LogP contribution in [0.25, 0.3) is 37.9 Å². The third-order valence-electron chi connectivity index (χ3n) is 18.0. The van der Waals surface area contributed by atoms with Gasteiger partial charge < -0.3 is 9.80 Å². The van der Waals surface area contributed by atoms with Crippen molar-refractivity contribution in [3.05, 3.63) is 208 Å². The third-order valence-corrected chi connectivity index (χ3v) is 19.2. The first kappa shape index (κ1) is 47.1. The monoisotopic (exact) mass is 981 g/mol. The maximum Gasteiger partial charge on any atom is 0.264 e. The number of benzene rings is 6. The molecule has 2 aliphatic heterocycles. The van der Waals surface area contributed by atoms with Gasteiger partial charge in [0.2, 0.25) is 0 Å². The lowest BCUT2D eigenvalue weighted by atomic mass is 9.36. The number of anilines is 5. The van der Waals surface area contributed by atoms with Crippen LogP contribution in [0.2, 0.25) is 0 Å². The van der Waals surface area contributed by atoms with Crippen molar-refractivity contribution in [3.8, 4) is 22.3 Å². The van der Waals surface area contributed by atoms with Crippen LogP contribution in [0.1, 0.15) is 130 Å². The largest absolute Gasteiger partial charge is 0.311 e. The zero-order valence-electron chi connectivity index (χ0n) is 46.0. The lowest BCUT2D eigenvalue weighted by Gasteiger charge is -2.44. The lowest BCUT2D eigenvalue weighted by molar-refractivity contribution is 0.509. The second-order valence-electron chi connectivity index (χ2n) is 26.3. The molecule has 0 bridgehead atoms. The average Bonchev–Trinajstić information content (AvgIpc) is 3.90. The summed E-state index contributed by atoms with van der Waals surface area (Å²) in [6.07, 6.45) is 13.7. The first-order chi connectivity index (χ1) is 35.0. The Morgan fingerprint density at radius 1 is 0.635 bits per heavy atom. The van der Waals surface area contributed by atoms with Gasteiger partial charge in [-0.25, -0.2) is 0 Å². The molecule has 4 heteroatoms. The fraction of sp³-hybridized carbons (Fsp3) is 0.286. The molecule has 6 aromatic carbocycles. The highest BCUT2D eigenvalue weighted by molar-refractivity contribution is 7.33. The third kappa shape index (κ3) is 6.68. The maximum atomic E-state index is 4.06. The Morgan fingerprint density at radius 3 is 2.03 bits per heavy atom. The number of thiophene rings is 1. The van der Waals surface area contributed by atoms with E-state index in [-0.39, 0.29) is 33.8 Å². The van der Waals surface area contributed by atoms with Crippen molar-refractivity contribution >= 4 is 77.8 Å². The van der Waals surface area contributed by atoms with Crippen LogP contribution in [0.15, 0.2) is 175 Å². The topological polar surface area (TPSA) is 6.48 Å². The van der Waals surface area contributed by atoms with Crippen molar-refractivity contribution < 1.29 is 0 Å². The summed E-state index contributed by atoms with van der Waals surface area (Å²) in [4.78, 5) is 5.32. The Bertz CT molecular complexity index is 3820. The Balaban J connectivity index is 1.15. The molecule has 2 nitrogen and oxygen atoms in total. The predicted molar refractivity (Wildman–Crippen MR) is 322 cm³/mol. The molecule has 0 spiro atoms. The van der Waals surface area contributed by atoms with Crippen LogP contribution >= 0.6 is 11.3 Å². The van der Waals surface area contributed by atoms with Crippen LogP contribution in [0.3, 0.4) is 0 Å². The summed E-state index contributed by atoms with van der Waals surface area (Å²) < 4.78 is 2.76. The molecule has 7 aromatic rings. The van der Waals surface area contributed by atoms with Crippen LogP contribution in [-0.2, 0) is 21.7 Å². The highest BCUT2D eigenvalue weighted by atomic mass is 32.1. The van der Waals surface area contributed by atoms with Gasteiger partial charge in [0.1, 0.15) is 0 Å². The Morgan fingerprint density at radius 2 is 1.32 bits per heavy atom. The highest BCUT2D eigenvalue weighted by Gasteiger charge is 2.49. The normalized spacial score (nSPS) is 18.6. The van der Waals surface area contributed by atoms with Crippen LogP contribution in [0, 0.1) is 11.3 Å². The first-order valence-corrected chi connectivity index (χ1v) is 27.8.